The lowest BCUT2D eigenvalue weighted by molar-refractivity contribution is -0.0553. The fourth-order valence-corrected chi connectivity index (χ4v) is 2.44. The first-order valence-corrected chi connectivity index (χ1v) is 6.44. The largest absolute Gasteiger partial charge is 0.383 e. The molecule has 0 radical (unpaired) electrons. The molecule has 5 nitrogen and oxygen atoms in total. The van der Waals surface area contributed by atoms with Gasteiger partial charge in [0.05, 0.1) is 5.60 Å². The van der Waals surface area contributed by atoms with Crippen molar-refractivity contribution in [2.75, 3.05) is 17.7 Å². The summed E-state index contributed by atoms with van der Waals surface area (Å²) in [7, 11) is 0. The van der Waals surface area contributed by atoms with E-state index in [9.17, 15) is 0 Å². The Hall–Kier alpha value is -0.880. The molecule has 0 spiro atoms. The molecule has 1 fully saturated rings. The van der Waals surface area contributed by atoms with Crippen LogP contribution in [0, 0.1) is 0 Å². The molecule has 0 saturated carbocycles. The van der Waals surface area contributed by atoms with Crippen molar-refractivity contribution in [2.45, 2.75) is 38.3 Å². The average molecular weight is 301 g/mol. The second-order valence-corrected chi connectivity index (χ2v) is 5.69. The van der Waals surface area contributed by atoms with E-state index in [2.05, 4.69) is 45.1 Å². The molecule has 0 aromatic carbocycles. The van der Waals surface area contributed by atoms with Crippen molar-refractivity contribution >= 4 is 27.7 Å². The Balaban J connectivity index is 2.05. The Morgan fingerprint density at radius 2 is 2.29 bits per heavy atom. The van der Waals surface area contributed by atoms with Crippen molar-refractivity contribution in [2.24, 2.45) is 0 Å². The first-order valence-electron chi connectivity index (χ1n) is 5.65. The van der Waals surface area contributed by atoms with Crippen LogP contribution in [0.2, 0.25) is 0 Å². The number of nitrogens with two attached hydrogens (primary N) is 1. The Kier molecular flexibility index (Phi) is 3.53. The number of aromatic nitrogens is 2. The van der Waals surface area contributed by atoms with Gasteiger partial charge in [-0.15, -0.1) is 0 Å². The fourth-order valence-electron chi connectivity index (χ4n) is 2.04. The highest BCUT2D eigenvalue weighted by Crippen LogP contribution is 2.26. The van der Waals surface area contributed by atoms with Crippen LogP contribution < -0.4 is 11.1 Å². The number of ether oxygens (including phenoxy) is 1. The fraction of sp³-hybridized carbons (Fsp3) is 0.636. The highest BCUT2D eigenvalue weighted by molar-refractivity contribution is 9.10. The summed E-state index contributed by atoms with van der Waals surface area (Å²) >= 11 is 3.30. The molecule has 1 aliphatic rings. The second kappa shape index (κ2) is 4.78. The van der Waals surface area contributed by atoms with Crippen LogP contribution in [-0.4, -0.2) is 28.2 Å². The summed E-state index contributed by atoms with van der Waals surface area (Å²) in [5.74, 6) is 1.03. The van der Waals surface area contributed by atoms with Crippen LogP contribution in [0.4, 0.5) is 11.8 Å². The van der Waals surface area contributed by atoms with Crippen LogP contribution >= 0.6 is 15.9 Å². The maximum Gasteiger partial charge on any atom is 0.225 e. The van der Waals surface area contributed by atoms with E-state index >= 15 is 0 Å². The van der Waals surface area contributed by atoms with E-state index in [1.165, 1.54) is 0 Å². The first kappa shape index (κ1) is 12.6. The monoisotopic (exact) mass is 300 g/mol. The lowest BCUT2D eigenvalue weighted by Crippen LogP contribution is -2.40. The number of rotatable bonds is 2. The number of nitrogens with one attached hydrogen (secondary N) is 1. The summed E-state index contributed by atoms with van der Waals surface area (Å²) in [5, 5.41) is 3.31. The van der Waals surface area contributed by atoms with Gasteiger partial charge in [0.15, 0.2) is 0 Å². The van der Waals surface area contributed by atoms with Gasteiger partial charge in [-0.3, -0.25) is 0 Å². The molecule has 1 unspecified atom stereocenters. The molecule has 94 valence electrons. The SMILES string of the molecule is CC1(C)CC(Nc2nc(N)cc(Br)n2)CCO1. The predicted octanol–water partition coefficient (Wildman–Crippen LogP) is 2.19. The predicted molar refractivity (Wildman–Crippen MR) is 70.8 cm³/mol. The molecule has 6 heteroatoms. The molecular formula is C11H17BrN4O. The second-order valence-electron chi connectivity index (χ2n) is 4.88. The van der Waals surface area contributed by atoms with E-state index in [1.807, 2.05) is 0 Å². The van der Waals surface area contributed by atoms with Crippen molar-refractivity contribution in [3.8, 4) is 0 Å². The highest BCUT2D eigenvalue weighted by atomic mass is 79.9. The standard InChI is InChI=1S/C11H17BrN4O/c1-11(2)6-7(3-4-17-11)14-10-15-8(12)5-9(13)16-10/h5,7H,3-4,6H2,1-2H3,(H3,13,14,15,16). The molecule has 0 bridgehead atoms. The molecule has 1 atom stereocenters. The van der Waals surface area contributed by atoms with Crippen LogP contribution in [-0.2, 0) is 4.74 Å². The summed E-state index contributed by atoms with van der Waals surface area (Å²) in [6.45, 7) is 4.95. The number of nitrogen functional groups attached to an aromatic ring is 1. The summed E-state index contributed by atoms with van der Waals surface area (Å²) in [6, 6.07) is 2.01. The molecule has 3 N–H and O–H groups in total. The van der Waals surface area contributed by atoms with E-state index < -0.39 is 0 Å². The quantitative estimate of drug-likeness (QED) is 0.819. The molecule has 2 rings (SSSR count). The zero-order valence-electron chi connectivity index (χ0n) is 10.0. The normalized spacial score (nSPS) is 23.4. The molecule has 1 aromatic heterocycles. The third-order valence-electron chi connectivity index (χ3n) is 2.75. The minimum Gasteiger partial charge on any atom is -0.383 e. The maximum absolute atomic E-state index is 5.67. The summed E-state index contributed by atoms with van der Waals surface area (Å²) in [4.78, 5) is 8.41. The number of hydrogen-bond acceptors (Lipinski definition) is 5. The zero-order chi connectivity index (χ0) is 12.5. The topological polar surface area (TPSA) is 73.1 Å². The number of anilines is 2. The molecule has 1 aliphatic heterocycles. The minimum atomic E-state index is -0.0898. The van der Waals surface area contributed by atoms with Gasteiger partial charge in [0.2, 0.25) is 5.95 Å². The van der Waals surface area contributed by atoms with Gasteiger partial charge >= 0.3 is 0 Å². The molecule has 0 aliphatic carbocycles. The van der Waals surface area contributed by atoms with E-state index in [0.717, 1.165) is 19.4 Å². The van der Waals surface area contributed by atoms with Gasteiger partial charge in [0.25, 0.3) is 0 Å². The Morgan fingerprint density at radius 3 is 2.94 bits per heavy atom. The van der Waals surface area contributed by atoms with Crippen LogP contribution in [0.5, 0.6) is 0 Å². The van der Waals surface area contributed by atoms with Crippen molar-refractivity contribution < 1.29 is 4.74 Å². The number of nitrogens with zero attached hydrogens (tertiary/aromatic N) is 2. The van der Waals surface area contributed by atoms with Gasteiger partial charge in [-0.25, -0.2) is 4.98 Å². The van der Waals surface area contributed by atoms with Crippen LogP contribution in [0.3, 0.4) is 0 Å². The van der Waals surface area contributed by atoms with Crippen LogP contribution in [0.15, 0.2) is 10.7 Å². The van der Waals surface area contributed by atoms with E-state index in [1.54, 1.807) is 6.07 Å². The third kappa shape index (κ3) is 3.54. The van der Waals surface area contributed by atoms with E-state index in [-0.39, 0.29) is 5.60 Å². The average Bonchev–Trinajstić information content (AvgIpc) is 2.13. The molecule has 1 aromatic rings. The smallest absolute Gasteiger partial charge is 0.225 e. The third-order valence-corrected chi connectivity index (χ3v) is 3.15. The van der Waals surface area contributed by atoms with Gasteiger partial charge in [-0.05, 0) is 42.6 Å². The van der Waals surface area contributed by atoms with Crippen molar-refractivity contribution in [3.63, 3.8) is 0 Å². The van der Waals surface area contributed by atoms with Crippen molar-refractivity contribution in [1.29, 1.82) is 0 Å². The Labute approximate surface area is 109 Å². The number of hydrogen-bond donors (Lipinski definition) is 2. The summed E-state index contributed by atoms with van der Waals surface area (Å²) in [5.41, 5.74) is 5.58. The first-order chi connectivity index (χ1) is 7.94. The lowest BCUT2D eigenvalue weighted by Gasteiger charge is -2.35. The van der Waals surface area contributed by atoms with Crippen LogP contribution in [0.25, 0.3) is 0 Å². The van der Waals surface area contributed by atoms with Crippen molar-refractivity contribution in [3.05, 3.63) is 10.7 Å². The summed E-state index contributed by atoms with van der Waals surface area (Å²) < 4.78 is 6.36. The van der Waals surface area contributed by atoms with Gasteiger partial charge in [0.1, 0.15) is 10.4 Å². The zero-order valence-corrected chi connectivity index (χ0v) is 11.6. The highest BCUT2D eigenvalue weighted by Gasteiger charge is 2.29. The molecule has 0 amide bonds. The Bertz CT molecular complexity index is 390. The van der Waals surface area contributed by atoms with E-state index in [4.69, 9.17) is 10.5 Å². The van der Waals surface area contributed by atoms with Gasteiger partial charge < -0.3 is 15.8 Å². The maximum atomic E-state index is 5.67. The van der Waals surface area contributed by atoms with Gasteiger partial charge in [0, 0.05) is 18.7 Å². The molecule has 2 heterocycles. The summed E-state index contributed by atoms with van der Waals surface area (Å²) in [6.07, 6.45) is 1.89. The van der Waals surface area contributed by atoms with Crippen molar-refractivity contribution in [1.82, 2.24) is 9.97 Å². The molecule has 1 saturated heterocycles. The minimum absolute atomic E-state index is 0.0898. The van der Waals surface area contributed by atoms with Gasteiger partial charge in [-0.1, -0.05) is 0 Å². The van der Waals surface area contributed by atoms with Crippen LogP contribution in [0.1, 0.15) is 26.7 Å². The number of halogens is 1. The van der Waals surface area contributed by atoms with E-state index in [0.29, 0.717) is 22.4 Å². The Morgan fingerprint density at radius 1 is 1.53 bits per heavy atom. The molecule has 17 heavy (non-hydrogen) atoms. The van der Waals surface area contributed by atoms with Gasteiger partial charge in [-0.2, -0.15) is 4.98 Å². The lowest BCUT2D eigenvalue weighted by atomic mass is 9.94. The molecular weight excluding hydrogens is 284 g/mol.